The third kappa shape index (κ3) is 3.83. The molecule has 0 aliphatic carbocycles. The molecular formula is C19H23ClN2O3S. The van der Waals surface area contributed by atoms with Crippen molar-refractivity contribution in [3.63, 3.8) is 0 Å². The van der Waals surface area contributed by atoms with Crippen LogP contribution in [0.3, 0.4) is 0 Å². The molecular weight excluding hydrogens is 372 g/mol. The number of nitrogens with zero attached hydrogens (tertiary/aromatic N) is 1. The van der Waals surface area contributed by atoms with Gasteiger partial charge in [0.2, 0.25) is 10.0 Å². The number of nitrogens with one attached hydrogen (secondary N) is 1. The van der Waals surface area contributed by atoms with Gasteiger partial charge in [-0.3, -0.25) is 4.79 Å². The van der Waals surface area contributed by atoms with Crippen LogP contribution >= 0.6 is 12.4 Å². The molecule has 1 aliphatic heterocycles. The molecule has 26 heavy (non-hydrogen) atoms. The van der Waals surface area contributed by atoms with Gasteiger partial charge in [0.1, 0.15) is 0 Å². The number of ketones is 1. The zero-order valence-corrected chi connectivity index (χ0v) is 16.4. The molecule has 1 fully saturated rings. The number of hydrogen-bond donors (Lipinski definition) is 1. The first-order valence-electron chi connectivity index (χ1n) is 8.37. The summed E-state index contributed by atoms with van der Waals surface area (Å²) in [5, 5.41) is 3.28. The smallest absolute Gasteiger partial charge is 0.244 e. The van der Waals surface area contributed by atoms with Crippen LogP contribution in [0.15, 0.2) is 59.5 Å². The van der Waals surface area contributed by atoms with Gasteiger partial charge in [-0.25, -0.2) is 8.42 Å². The minimum absolute atomic E-state index is 0. The van der Waals surface area contributed by atoms with E-state index in [4.69, 9.17) is 0 Å². The van der Waals surface area contributed by atoms with E-state index < -0.39 is 10.0 Å². The van der Waals surface area contributed by atoms with Crippen LogP contribution in [0.4, 0.5) is 0 Å². The first-order valence-corrected chi connectivity index (χ1v) is 9.81. The summed E-state index contributed by atoms with van der Waals surface area (Å²) >= 11 is 0. The highest BCUT2D eigenvalue weighted by Gasteiger charge is 2.36. The van der Waals surface area contributed by atoms with Gasteiger partial charge in [-0.15, -0.1) is 12.4 Å². The topological polar surface area (TPSA) is 66.5 Å². The van der Waals surface area contributed by atoms with Crippen LogP contribution < -0.4 is 5.32 Å². The van der Waals surface area contributed by atoms with Crippen molar-refractivity contribution in [2.75, 3.05) is 13.1 Å². The van der Waals surface area contributed by atoms with Gasteiger partial charge in [-0.05, 0) is 26.0 Å². The molecule has 2 aromatic carbocycles. The lowest BCUT2D eigenvalue weighted by Crippen LogP contribution is -2.57. The van der Waals surface area contributed by atoms with Gasteiger partial charge >= 0.3 is 0 Å². The summed E-state index contributed by atoms with van der Waals surface area (Å²) in [5.74, 6) is -0.282. The molecule has 0 bridgehead atoms. The summed E-state index contributed by atoms with van der Waals surface area (Å²) in [5.41, 5.74) is 0.693. The molecule has 2 aromatic rings. The Balaban J connectivity index is 0.00000243. The number of hydrogen-bond acceptors (Lipinski definition) is 4. The van der Waals surface area contributed by atoms with E-state index >= 15 is 0 Å². The Morgan fingerprint density at radius 3 is 2.35 bits per heavy atom. The van der Waals surface area contributed by atoms with Crippen LogP contribution in [-0.4, -0.2) is 43.7 Å². The van der Waals surface area contributed by atoms with E-state index in [-0.39, 0.29) is 40.7 Å². The highest BCUT2D eigenvalue weighted by molar-refractivity contribution is 7.89. The van der Waals surface area contributed by atoms with Crippen LogP contribution in [0, 0.1) is 0 Å². The SMILES string of the molecule is CC1NCCN(S(=O)(=O)c2ccccc2C(=O)c2ccccc2)C1C.Cl. The summed E-state index contributed by atoms with van der Waals surface area (Å²) < 4.78 is 28.0. The highest BCUT2D eigenvalue weighted by Crippen LogP contribution is 2.26. The van der Waals surface area contributed by atoms with E-state index in [9.17, 15) is 13.2 Å². The minimum Gasteiger partial charge on any atom is -0.311 e. The second-order valence-corrected chi connectivity index (χ2v) is 8.15. The van der Waals surface area contributed by atoms with E-state index in [0.29, 0.717) is 18.7 Å². The van der Waals surface area contributed by atoms with Gasteiger partial charge in [-0.2, -0.15) is 4.31 Å². The maximum atomic E-state index is 13.2. The van der Waals surface area contributed by atoms with E-state index in [1.54, 1.807) is 42.5 Å². The molecule has 0 spiro atoms. The lowest BCUT2D eigenvalue weighted by molar-refractivity contribution is 0.103. The van der Waals surface area contributed by atoms with Crippen molar-refractivity contribution in [1.82, 2.24) is 9.62 Å². The molecule has 1 saturated heterocycles. The average Bonchev–Trinajstić information content (AvgIpc) is 2.64. The van der Waals surface area contributed by atoms with E-state index in [0.717, 1.165) is 0 Å². The molecule has 0 saturated carbocycles. The summed E-state index contributed by atoms with van der Waals surface area (Å²) in [7, 11) is -3.76. The largest absolute Gasteiger partial charge is 0.311 e. The summed E-state index contributed by atoms with van der Waals surface area (Å²) in [6.07, 6.45) is 0. The predicted molar refractivity (Wildman–Crippen MR) is 104 cm³/mol. The monoisotopic (exact) mass is 394 g/mol. The van der Waals surface area contributed by atoms with Crippen LogP contribution in [0.5, 0.6) is 0 Å². The van der Waals surface area contributed by atoms with Crippen molar-refractivity contribution in [3.05, 3.63) is 65.7 Å². The summed E-state index contributed by atoms with van der Waals surface area (Å²) in [4.78, 5) is 12.9. The zero-order chi connectivity index (χ0) is 18.0. The second kappa shape index (κ2) is 8.31. The number of carbonyl (C=O) groups excluding carboxylic acids is 1. The van der Waals surface area contributed by atoms with Crippen LogP contribution in [-0.2, 0) is 10.0 Å². The first-order chi connectivity index (χ1) is 11.9. The Bertz CT molecular complexity index is 871. The predicted octanol–water partition coefficient (Wildman–Crippen LogP) is 2.71. The molecule has 140 valence electrons. The van der Waals surface area contributed by atoms with Crippen LogP contribution in [0.1, 0.15) is 29.8 Å². The van der Waals surface area contributed by atoms with Crippen molar-refractivity contribution >= 4 is 28.2 Å². The van der Waals surface area contributed by atoms with E-state index in [2.05, 4.69) is 5.32 Å². The Morgan fingerprint density at radius 2 is 1.65 bits per heavy atom. The quantitative estimate of drug-likeness (QED) is 0.809. The standard InChI is InChI=1S/C19H22N2O3S.ClH/c1-14-15(2)21(13-12-20-14)25(23,24)18-11-7-6-10-17(18)19(22)16-8-4-3-5-9-16;/h3-11,14-15,20H,12-13H2,1-2H3;1H. The molecule has 3 rings (SSSR count). The van der Waals surface area contributed by atoms with Gasteiger partial charge in [0.05, 0.1) is 4.90 Å². The summed E-state index contributed by atoms with van der Waals surface area (Å²) in [6.45, 7) is 4.84. The fourth-order valence-electron chi connectivity index (χ4n) is 3.12. The minimum atomic E-state index is -3.76. The molecule has 2 atom stereocenters. The maximum Gasteiger partial charge on any atom is 0.244 e. The Labute approximate surface area is 160 Å². The van der Waals surface area contributed by atoms with Gasteiger partial charge < -0.3 is 5.32 Å². The lowest BCUT2D eigenvalue weighted by Gasteiger charge is -2.37. The molecule has 1 N–H and O–H groups in total. The van der Waals surface area contributed by atoms with E-state index in [1.165, 1.54) is 10.4 Å². The maximum absolute atomic E-state index is 13.2. The van der Waals surface area contributed by atoms with Gasteiger partial charge in [0, 0.05) is 36.3 Å². The van der Waals surface area contributed by atoms with Crippen LogP contribution in [0.2, 0.25) is 0 Å². The molecule has 7 heteroatoms. The molecule has 5 nitrogen and oxygen atoms in total. The van der Waals surface area contributed by atoms with Crippen molar-refractivity contribution in [1.29, 1.82) is 0 Å². The third-order valence-electron chi connectivity index (χ3n) is 4.73. The van der Waals surface area contributed by atoms with Crippen molar-refractivity contribution in [3.8, 4) is 0 Å². The fourth-order valence-corrected chi connectivity index (χ4v) is 5.01. The molecule has 0 aromatic heterocycles. The number of benzene rings is 2. The summed E-state index contributed by atoms with van der Waals surface area (Å²) in [6, 6.07) is 15.1. The number of halogens is 1. The number of carbonyl (C=O) groups is 1. The average molecular weight is 395 g/mol. The van der Waals surface area contributed by atoms with Crippen molar-refractivity contribution in [2.24, 2.45) is 0 Å². The molecule has 0 amide bonds. The molecule has 2 unspecified atom stereocenters. The fraction of sp³-hybridized carbons (Fsp3) is 0.316. The van der Waals surface area contributed by atoms with Crippen molar-refractivity contribution < 1.29 is 13.2 Å². The third-order valence-corrected chi connectivity index (χ3v) is 6.78. The molecule has 1 aliphatic rings. The van der Waals surface area contributed by atoms with Gasteiger partial charge in [-0.1, -0.05) is 42.5 Å². The Hall–Kier alpha value is -1.73. The molecule has 0 radical (unpaired) electrons. The number of piperazine rings is 1. The number of rotatable bonds is 4. The molecule has 1 heterocycles. The normalized spacial score (nSPS) is 21.0. The second-order valence-electron chi connectivity index (χ2n) is 6.29. The van der Waals surface area contributed by atoms with Crippen LogP contribution in [0.25, 0.3) is 0 Å². The van der Waals surface area contributed by atoms with Crippen molar-refractivity contribution in [2.45, 2.75) is 30.8 Å². The Kier molecular flexibility index (Phi) is 6.58. The Morgan fingerprint density at radius 1 is 1.04 bits per heavy atom. The zero-order valence-electron chi connectivity index (χ0n) is 14.8. The first kappa shape index (κ1) is 20.6. The highest BCUT2D eigenvalue weighted by atomic mass is 35.5. The lowest BCUT2D eigenvalue weighted by atomic mass is 10.0. The van der Waals surface area contributed by atoms with E-state index in [1.807, 2.05) is 19.9 Å². The van der Waals surface area contributed by atoms with Gasteiger partial charge in [0.25, 0.3) is 0 Å². The number of sulfonamides is 1. The van der Waals surface area contributed by atoms with Gasteiger partial charge in [0.15, 0.2) is 5.78 Å².